The van der Waals surface area contributed by atoms with E-state index in [1.54, 1.807) is 0 Å². The lowest BCUT2D eigenvalue weighted by atomic mass is 9.49. The van der Waals surface area contributed by atoms with E-state index in [4.69, 9.17) is 15.0 Å². The van der Waals surface area contributed by atoms with Crippen LogP contribution in [0.2, 0.25) is 0 Å². The number of benzene rings is 8. The van der Waals surface area contributed by atoms with Gasteiger partial charge in [0, 0.05) is 43.5 Å². The molecule has 0 unspecified atom stereocenters. The third kappa shape index (κ3) is 6.66. The van der Waals surface area contributed by atoms with Gasteiger partial charge in [-0.05, 0) is 195 Å². The van der Waals surface area contributed by atoms with Crippen LogP contribution < -0.4 is 0 Å². The van der Waals surface area contributed by atoms with Crippen molar-refractivity contribution in [3.8, 4) is 56.1 Å². The molecule has 0 saturated heterocycles. The molecular formula is C71H61N5. The van der Waals surface area contributed by atoms with Crippen molar-refractivity contribution in [2.45, 2.75) is 87.9 Å². The van der Waals surface area contributed by atoms with Crippen LogP contribution in [-0.4, -0.2) is 24.1 Å². The van der Waals surface area contributed by atoms with Crippen LogP contribution in [-0.2, 0) is 10.8 Å². The van der Waals surface area contributed by atoms with E-state index in [1.807, 2.05) is 0 Å². The quantitative estimate of drug-likeness (QED) is 0.152. The van der Waals surface area contributed by atoms with Crippen LogP contribution in [0.1, 0.15) is 88.7 Å². The van der Waals surface area contributed by atoms with Gasteiger partial charge in [-0.1, -0.05) is 133 Å². The first-order chi connectivity index (χ1) is 37.5. The molecule has 19 rings (SSSR count). The van der Waals surface area contributed by atoms with E-state index in [1.165, 1.54) is 148 Å². The van der Waals surface area contributed by atoms with Gasteiger partial charge in [-0.2, -0.15) is 0 Å². The van der Waals surface area contributed by atoms with E-state index in [-0.39, 0.29) is 10.8 Å². The van der Waals surface area contributed by atoms with Crippen LogP contribution in [0.25, 0.3) is 99.8 Å². The van der Waals surface area contributed by atoms with Crippen molar-refractivity contribution in [3.63, 3.8) is 0 Å². The predicted octanol–water partition coefficient (Wildman–Crippen LogP) is 17.7. The lowest BCUT2D eigenvalue weighted by Gasteiger charge is -2.57. The highest BCUT2D eigenvalue weighted by Gasteiger charge is 2.56. The molecule has 5 heteroatoms. The molecule has 0 aliphatic heterocycles. The van der Waals surface area contributed by atoms with Gasteiger partial charge in [0.15, 0.2) is 5.82 Å². The normalized spacial score (nSPS) is 26.2. The maximum Gasteiger partial charge on any atom is 0.165 e. The molecule has 11 aromatic rings. The van der Waals surface area contributed by atoms with E-state index in [0.29, 0.717) is 0 Å². The van der Waals surface area contributed by atoms with Gasteiger partial charge in [-0.3, -0.25) is 0 Å². The van der Waals surface area contributed by atoms with Gasteiger partial charge in [-0.15, -0.1) is 0 Å². The number of rotatable bonds is 8. The van der Waals surface area contributed by atoms with Crippen LogP contribution in [0.5, 0.6) is 0 Å². The second-order valence-electron chi connectivity index (χ2n) is 24.9. The Labute approximate surface area is 444 Å². The second-order valence-corrected chi connectivity index (χ2v) is 24.9. The number of para-hydroxylation sites is 3. The Morgan fingerprint density at radius 3 is 1.18 bits per heavy atom. The molecule has 5 nitrogen and oxygen atoms in total. The first-order valence-electron chi connectivity index (χ1n) is 28.7. The summed E-state index contributed by atoms with van der Waals surface area (Å²) >= 11 is 0. The van der Waals surface area contributed by atoms with Gasteiger partial charge in [0.25, 0.3) is 0 Å². The Bertz CT molecular complexity index is 3860. The van der Waals surface area contributed by atoms with Crippen molar-refractivity contribution in [2.24, 2.45) is 35.5 Å². The minimum atomic E-state index is 0.0128. The summed E-state index contributed by atoms with van der Waals surface area (Å²) in [5, 5.41) is 5.00. The number of aromatic nitrogens is 5. The summed E-state index contributed by atoms with van der Waals surface area (Å²) in [7, 11) is 0. The molecule has 76 heavy (non-hydrogen) atoms. The van der Waals surface area contributed by atoms with Gasteiger partial charge in [0.1, 0.15) is 11.6 Å². The zero-order valence-electron chi connectivity index (χ0n) is 43.1. The molecular weight excluding hydrogens is 923 g/mol. The molecule has 0 spiro atoms. The molecule has 8 fully saturated rings. The van der Waals surface area contributed by atoms with Crippen molar-refractivity contribution in [2.75, 3.05) is 0 Å². The standard InChI is InChI=1S/C71H61N5/c1-3-13-50(14-4-1)52-23-26-64-58(35-52)59-36-53(51-15-5-2-6-16-51)24-27-65(59)76(64)66-28-25-54(55-17-7-10-20-61(55)75-62-21-11-8-18-56(62)57-19-9-12-22-63(57)75)37-60(66)67-72-68(70-38-44-29-45(39-70)31-46(30-44)40-70)74-69(73-67)71-41-47-32-48(42-71)34-49(33-47)43-71/h1-28,35-37,44-49H,29-34,38-43H2. The Morgan fingerprint density at radius 2 is 0.697 bits per heavy atom. The molecule has 8 aliphatic carbocycles. The topological polar surface area (TPSA) is 48.5 Å². The van der Waals surface area contributed by atoms with Crippen molar-refractivity contribution in [1.82, 2.24) is 24.1 Å². The van der Waals surface area contributed by atoms with Gasteiger partial charge >= 0.3 is 0 Å². The van der Waals surface area contributed by atoms with Gasteiger partial charge in [-0.25, -0.2) is 15.0 Å². The summed E-state index contributed by atoms with van der Waals surface area (Å²) in [6.45, 7) is 0. The molecule has 0 radical (unpaired) electrons. The molecule has 3 aromatic heterocycles. The molecule has 8 saturated carbocycles. The zero-order chi connectivity index (χ0) is 49.7. The van der Waals surface area contributed by atoms with Gasteiger partial charge < -0.3 is 9.13 Å². The molecule has 8 aliphatic rings. The van der Waals surface area contributed by atoms with Crippen LogP contribution in [0.15, 0.2) is 188 Å². The molecule has 0 N–H and O–H groups in total. The maximum absolute atomic E-state index is 6.01. The summed E-state index contributed by atoms with van der Waals surface area (Å²) in [5.41, 5.74) is 15.4. The average Bonchev–Trinajstić information content (AvgIpc) is 4.08. The van der Waals surface area contributed by atoms with Crippen LogP contribution in [0.3, 0.4) is 0 Å². The third-order valence-electron chi connectivity index (χ3n) is 20.2. The van der Waals surface area contributed by atoms with Crippen molar-refractivity contribution in [1.29, 1.82) is 0 Å². The highest BCUT2D eigenvalue weighted by atomic mass is 15.1. The van der Waals surface area contributed by atoms with Crippen molar-refractivity contribution < 1.29 is 0 Å². The lowest BCUT2D eigenvalue weighted by Crippen LogP contribution is -2.51. The number of hydrogen-bond acceptors (Lipinski definition) is 3. The lowest BCUT2D eigenvalue weighted by molar-refractivity contribution is -0.0155. The predicted molar refractivity (Wildman–Crippen MR) is 310 cm³/mol. The Kier molecular flexibility index (Phi) is 9.43. The second kappa shape index (κ2) is 16.4. The number of hydrogen-bond donors (Lipinski definition) is 0. The van der Waals surface area contributed by atoms with Crippen LogP contribution >= 0.6 is 0 Å². The van der Waals surface area contributed by atoms with Crippen LogP contribution in [0.4, 0.5) is 0 Å². The highest BCUT2D eigenvalue weighted by Crippen LogP contribution is 2.63. The van der Waals surface area contributed by atoms with E-state index < -0.39 is 0 Å². The smallest absolute Gasteiger partial charge is 0.165 e. The summed E-state index contributed by atoms with van der Waals surface area (Å²) < 4.78 is 5.03. The van der Waals surface area contributed by atoms with Gasteiger partial charge in [0.2, 0.25) is 0 Å². The number of fused-ring (bicyclic) bond motifs is 6. The number of nitrogens with zero attached hydrogens (tertiary/aromatic N) is 5. The van der Waals surface area contributed by atoms with Gasteiger partial charge in [0.05, 0.1) is 33.4 Å². The average molecular weight is 984 g/mol. The first-order valence-corrected chi connectivity index (χ1v) is 28.7. The molecule has 8 bridgehead atoms. The van der Waals surface area contributed by atoms with E-state index in [2.05, 4.69) is 197 Å². The molecule has 370 valence electrons. The van der Waals surface area contributed by atoms with E-state index in [9.17, 15) is 0 Å². The van der Waals surface area contributed by atoms with Crippen LogP contribution in [0, 0.1) is 35.5 Å². The Balaban J connectivity index is 0.943. The van der Waals surface area contributed by atoms with E-state index in [0.717, 1.165) is 75.5 Å². The molecule has 0 atom stereocenters. The summed E-state index contributed by atoms with van der Waals surface area (Å²) in [6.07, 6.45) is 15.7. The summed E-state index contributed by atoms with van der Waals surface area (Å²) in [5.74, 6) is 7.78. The fourth-order valence-electron chi connectivity index (χ4n) is 17.8. The van der Waals surface area contributed by atoms with E-state index >= 15 is 0 Å². The van der Waals surface area contributed by atoms with Crippen molar-refractivity contribution in [3.05, 3.63) is 200 Å². The largest absolute Gasteiger partial charge is 0.309 e. The molecule has 3 heterocycles. The SMILES string of the molecule is c1ccc(-c2ccc3c(c2)c2cc(-c4ccccc4)ccc2n3-c2ccc(-c3ccccc3-n3c4ccccc4c4ccccc43)cc2-c2nc(C34CC5CC(CC(C5)C3)C4)nc(C34CC5CC(CC(C5)C3)C4)n2)cc1. The maximum atomic E-state index is 6.01. The minimum Gasteiger partial charge on any atom is -0.309 e. The third-order valence-corrected chi connectivity index (χ3v) is 20.2. The fourth-order valence-corrected chi connectivity index (χ4v) is 17.8. The van der Waals surface area contributed by atoms with Crippen molar-refractivity contribution >= 4 is 43.6 Å². The fraction of sp³-hybridized carbons (Fsp3) is 0.282. The highest BCUT2D eigenvalue weighted by molar-refractivity contribution is 6.13. The zero-order valence-corrected chi connectivity index (χ0v) is 43.1. The molecule has 0 amide bonds. The molecule has 8 aromatic carbocycles. The Morgan fingerprint density at radius 1 is 0.303 bits per heavy atom. The summed E-state index contributed by atoms with van der Waals surface area (Å²) in [4.78, 5) is 18.0. The Hall–Kier alpha value is -7.63. The first kappa shape index (κ1) is 43.6. The monoisotopic (exact) mass is 983 g/mol. The minimum absolute atomic E-state index is 0.0128. The summed E-state index contributed by atoms with van der Waals surface area (Å²) in [6, 6.07) is 70.0.